The predicted molar refractivity (Wildman–Crippen MR) is 59.4 cm³/mol. The fraction of sp³-hybridized carbons (Fsp3) is 0.417. The summed E-state index contributed by atoms with van der Waals surface area (Å²) >= 11 is 0. The first kappa shape index (κ1) is 10.0. The third-order valence-electron chi connectivity index (χ3n) is 2.75. The van der Waals surface area contributed by atoms with Crippen LogP contribution in [-0.4, -0.2) is 26.0 Å². The fourth-order valence-corrected chi connectivity index (χ4v) is 1.89. The molecule has 0 unspecified atom stereocenters. The molecule has 1 aromatic carbocycles. The third kappa shape index (κ3) is 2.12. The van der Waals surface area contributed by atoms with Crippen molar-refractivity contribution in [3.05, 3.63) is 24.3 Å². The lowest BCUT2D eigenvalue weighted by Gasteiger charge is -2.29. The van der Waals surface area contributed by atoms with Crippen LogP contribution in [0.5, 0.6) is 5.75 Å². The molecule has 15 heavy (non-hydrogen) atoms. The number of Topliss-reactive ketones (excluding diaryl/α,β-unsaturated/α-hetero) is 1. The van der Waals surface area contributed by atoms with Gasteiger partial charge in [-0.05, 0) is 12.1 Å². The van der Waals surface area contributed by atoms with Gasteiger partial charge in [-0.2, -0.15) is 0 Å². The Hall–Kier alpha value is -1.51. The van der Waals surface area contributed by atoms with Gasteiger partial charge in [0.1, 0.15) is 11.5 Å². The van der Waals surface area contributed by atoms with Crippen molar-refractivity contribution in [3.8, 4) is 5.75 Å². The lowest BCUT2D eigenvalue weighted by atomic mass is 10.1. The molecule has 0 saturated carbocycles. The minimum absolute atomic E-state index is 0.362. The van der Waals surface area contributed by atoms with Crippen LogP contribution in [0.1, 0.15) is 12.8 Å². The first-order chi connectivity index (χ1) is 7.31. The predicted octanol–water partition coefficient (Wildman–Crippen LogP) is 1.86. The van der Waals surface area contributed by atoms with Crippen LogP contribution in [0, 0.1) is 0 Å². The quantitative estimate of drug-likeness (QED) is 0.738. The molecular weight excluding hydrogens is 190 g/mol. The highest BCUT2D eigenvalue weighted by Gasteiger charge is 2.18. The van der Waals surface area contributed by atoms with E-state index in [9.17, 15) is 4.79 Å². The molecule has 1 aliphatic rings. The van der Waals surface area contributed by atoms with Gasteiger partial charge in [0.05, 0.1) is 12.8 Å². The molecule has 0 bridgehead atoms. The minimum Gasteiger partial charge on any atom is -0.495 e. The van der Waals surface area contributed by atoms with Crippen molar-refractivity contribution >= 4 is 11.5 Å². The van der Waals surface area contributed by atoms with E-state index < -0.39 is 0 Å². The van der Waals surface area contributed by atoms with Crippen molar-refractivity contribution in [2.45, 2.75) is 12.8 Å². The van der Waals surface area contributed by atoms with Crippen LogP contribution in [0.15, 0.2) is 24.3 Å². The first-order valence-electron chi connectivity index (χ1n) is 5.21. The van der Waals surface area contributed by atoms with Gasteiger partial charge in [-0.15, -0.1) is 0 Å². The summed E-state index contributed by atoms with van der Waals surface area (Å²) in [5.74, 6) is 1.24. The van der Waals surface area contributed by atoms with Gasteiger partial charge in [0.2, 0.25) is 0 Å². The average Bonchev–Trinajstić information content (AvgIpc) is 2.30. The monoisotopic (exact) mass is 205 g/mol. The lowest BCUT2D eigenvalue weighted by molar-refractivity contribution is -0.119. The molecule has 0 N–H and O–H groups in total. The van der Waals surface area contributed by atoms with Gasteiger partial charge in [0.25, 0.3) is 0 Å². The maximum absolute atomic E-state index is 11.1. The normalized spacial score (nSPS) is 16.6. The van der Waals surface area contributed by atoms with Gasteiger partial charge in [0, 0.05) is 25.9 Å². The number of rotatable bonds is 2. The van der Waals surface area contributed by atoms with Gasteiger partial charge in [-0.25, -0.2) is 0 Å². The smallest absolute Gasteiger partial charge is 0.142 e. The van der Waals surface area contributed by atoms with Crippen molar-refractivity contribution in [2.75, 3.05) is 25.1 Å². The zero-order valence-electron chi connectivity index (χ0n) is 8.90. The van der Waals surface area contributed by atoms with Gasteiger partial charge in [-0.1, -0.05) is 12.1 Å². The molecule has 0 aromatic heterocycles. The van der Waals surface area contributed by atoms with E-state index in [0.29, 0.717) is 18.6 Å². The number of carbonyl (C=O) groups excluding carboxylic acids is 1. The highest BCUT2D eigenvalue weighted by Crippen LogP contribution is 2.29. The van der Waals surface area contributed by atoms with E-state index in [2.05, 4.69) is 4.90 Å². The summed E-state index contributed by atoms with van der Waals surface area (Å²) in [5.41, 5.74) is 1.09. The van der Waals surface area contributed by atoms with Crippen molar-refractivity contribution in [2.24, 2.45) is 0 Å². The highest BCUT2D eigenvalue weighted by molar-refractivity contribution is 5.81. The average molecular weight is 205 g/mol. The van der Waals surface area contributed by atoms with Crippen molar-refractivity contribution in [3.63, 3.8) is 0 Å². The van der Waals surface area contributed by atoms with Crippen LogP contribution in [0.25, 0.3) is 0 Å². The Morgan fingerprint density at radius 2 is 1.87 bits per heavy atom. The molecule has 0 spiro atoms. The van der Waals surface area contributed by atoms with Gasteiger partial charge in [-0.3, -0.25) is 4.79 Å². The number of carbonyl (C=O) groups is 1. The second-order valence-electron chi connectivity index (χ2n) is 3.70. The second kappa shape index (κ2) is 4.34. The third-order valence-corrected chi connectivity index (χ3v) is 2.75. The summed E-state index contributed by atoms with van der Waals surface area (Å²) in [6, 6.07) is 7.94. The van der Waals surface area contributed by atoms with E-state index >= 15 is 0 Å². The first-order valence-corrected chi connectivity index (χ1v) is 5.21. The second-order valence-corrected chi connectivity index (χ2v) is 3.70. The topological polar surface area (TPSA) is 29.5 Å². The fourth-order valence-electron chi connectivity index (χ4n) is 1.89. The molecule has 1 heterocycles. The van der Waals surface area contributed by atoms with E-state index in [1.54, 1.807) is 7.11 Å². The number of ether oxygens (including phenoxy) is 1. The molecule has 0 aliphatic carbocycles. The summed E-state index contributed by atoms with van der Waals surface area (Å²) in [7, 11) is 1.67. The Balaban J connectivity index is 2.18. The number of methoxy groups -OCH3 is 1. The number of para-hydroxylation sites is 2. The summed E-state index contributed by atoms with van der Waals surface area (Å²) in [5, 5.41) is 0. The SMILES string of the molecule is COc1ccccc1N1CCC(=O)CC1. The van der Waals surface area contributed by atoms with Crippen LogP contribution in [0.2, 0.25) is 0 Å². The molecule has 0 atom stereocenters. The molecule has 0 radical (unpaired) electrons. The van der Waals surface area contributed by atoms with E-state index in [0.717, 1.165) is 24.5 Å². The summed E-state index contributed by atoms with van der Waals surface area (Å²) in [6.07, 6.45) is 1.30. The number of nitrogens with zero attached hydrogens (tertiary/aromatic N) is 1. The Labute approximate surface area is 89.7 Å². The molecule has 80 valence electrons. The van der Waals surface area contributed by atoms with E-state index in [4.69, 9.17) is 4.74 Å². The zero-order chi connectivity index (χ0) is 10.7. The lowest BCUT2D eigenvalue weighted by Crippen LogP contribution is -2.33. The molecule has 1 fully saturated rings. The van der Waals surface area contributed by atoms with E-state index in [1.165, 1.54) is 0 Å². The van der Waals surface area contributed by atoms with Gasteiger partial charge in [0.15, 0.2) is 0 Å². The number of anilines is 1. The van der Waals surface area contributed by atoms with Crippen LogP contribution < -0.4 is 9.64 Å². The highest BCUT2D eigenvalue weighted by atomic mass is 16.5. The van der Waals surface area contributed by atoms with Gasteiger partial charge >= 0.3 is 0 Å². The maximum Gasteiger partial charge on any atom is 0.142 e. The van der Waals surface area contributed by atoms with Crippen molar-refractivity contribution in [1.82, 2.24) is 0 Å². The van der Waals surface area contributed by atoms with E-state index in [-0.39, 0.29) is 0 Å². The Morgan fingerprint density at radius 1 is 1.20 bits per heavy atom. The molecule has 3 heteroatoms. The van der Waals surface area contributed by atoms with Crippen LogP contribution in [0.3, 0.4) is 0 Å². The number of ketones is 1. The maximum atomic E-state index is 11.1. The molecule has 1 aromatic rings. The zero-order valence-corrected chi connectivity index (χ0v) is 8.90. The molecule has 2 rings (SSSR count). The number of piperidine rings is 1. The van der Waals surface area contributed by atoms with Crippen LogP contribution >= 0.6 is 0 Å². The van der Waals surface area contributed by atoms with E-state index in [1.807, 2.05) is 24.3 Å². The summed E-state index contributed by atoms with van der Waals surface area (Å²) in [6.45, 7) is 1.61. The van der Waals surface area contributed by atoms with Gasteiger partial charge < -0.3 is 9.64 Å². The van der Waals surface area contributed by atoms with Crippen LogP contribution in [-0.2, 0) is 4.79 Å². The largest absolute Gasteiger partial charge is 0.495 e. The number of hydrogen-bond acceptors (Lipinski definition) is 3. The molecule has 0 amide bonds. The molecule has 1 saturated heterocycles. The number of benzene rings is 1. The molecule has 3 nitrogen and oxygen atoms in total. The number of hydrogen-bond donors (Lipinski definition) is 0. The molecule has 1 aliphatic heterocycles. The van der Waals surface area contributed by atoms with Crippen molar-refractivity contribution < 1.29 is 9.53 Å². The standard InChI is InChI=1S/C12H15NO2/c1-15-12-5-3-2-4-11(12)13-8-6-10(14)7-9-13/h2-5H,6-9H2,1H3. The summed E-state index contributed by atoms with van der Waals surface area (Å²) in [4.78, 5) is 13.3. The summed E-state index contributed by atoms with van der Waals surface area (Å²) < 4.78 is 5.30. The Morgan fingerprint density at radius 3 is 2.53 bits per heavy atom. The minimum atomic E-state index is 0.362. The van der Waals surface area contributed by atoms with Crippen LogP contribution in [0.4, 0.5) is 5.69 Å². The Bertz CT molecular complexity index is 352. The van der Waals surface area contributed by atoms with Crippen molar-refractivity contribution in [1.29, 1.82) is 0 Å². The Kier molecular flexibility index (Phi) is 2.90. The molecular formula is C12H15NO2.